The second kappa shape index (κ2) is 7.61. The van der Waals surface area contributed by atoms with Crippen molar-refractivity contribution in [1.29, 1.82) is 0 Å². The Labute approximate surface area is 149 Å². The molecule has 2 aromatic heterocycles. The van der Waals surface area contributed by atoms with E-state index in [2.05, 4.69) is 11.9 Å². The molecule has 0 saturated carbocycles. The van der Waals surface area contributed by atoms with Crippen LogP contribution in [0, 0.1) is 6.92 Å². The third kappa shape index (κ3) is 3.64. The maximum absolute atomic E-state index is 12.6. The zero-order valence-corrected chi connectivity index (χ0v) is 15.1. The van der Waals surface area contributed by atoms with Crippen molar-refractivity contribution in [2.24, 2.45) is 0 Å². The number of nitrogens with zero attached hydrogens (tertiary/aromatic N) is 2. The van der Waals surface area contributed by atoms with Crippen LogP contribution in [-0.2, 0) is 17.9 Å². The predicted octanol–water partition coefficient (Wildman–Crippen LogP) is 3.92. The Morgan fingerprint density at radius 1 is 1.28 bits per heavy atom. The van der Waals surface area contributed by atoms with Gasteiger partial charge in [0.25, 0.3) is 5.56 Å². The fourth-order valence-electron chi connectivity index (χ4n) is 2.63. The number of carbonyl (C=O) groups is 1. The maximum atomic E-state index is 12.6. The topological polar surface area (TPSA) is 61.2 Å². The number of thiophene rings is 1. The summed E-state index contributed by atoms with van der Waals surface area (Å²) in [5.74, 6) is -0.413. The van der Waals surface area contributed by atoms with Crippen molar-refractivity contribution in [2.45, 2.75) is 39.8 Å². The molecule has 25 heavy (non-hydrogen) atoms. The van der Waals surface area contributed by atoms with E-state index in [0.29, 0.717) is 27.2 Å². The molecular weight excluding hydrogens is 336 g/mol. The largest absolute Gasteiger partial charge is 0.457 e. The summed E-state index contributed by atoms with van der Waals surface area (Å²) in [6, 6.07) is 9.52. The second-order valence-electron chi connectivity index (χ2n) is 5.89. The zero-order chi connectivity index (χ0) is 17.8. The highest BCUT2D eigenvalue weighted by Gasteiger charge is 2.20. The smallest absolute Gasteiger partial charge is 0.349 e. The van der Waals surface area contributed by atoms with E-state index in [1.807, 2.05) is 30.3 Å². The third-order valence-corrected chi connectivity index (χ3v) is 5.25. The minimum absolute atomic E-state index is 0.0886. The summed E-state index contributed by atoms with van der Waals surface area (Å²) in [4.78, 5) is 30.5. The lowest BCUT2D eigenvalue weighted by atomic mass is 10.2. The lowest BCUT2D eigenvalue weighted by Crippen LogP contribution is -2.20. The highest BCUT2D eigenvalue weighted by atomic mass is 32.1. The number of unbranched alkanes of at least 4 members (excludes halogenated alkanes) is 1. The van der Waals surface area contributed by atoms with Crippen molar-refractivity contribution >= 4 is 27.5 Å². The van der Waals surface area contributed by atoms with Crippen LogP contribution in [-0.4, -0.2) is 15.5 Å². The van der Waals surface area contributed by atoms with Gasteiger partial charge in [-0.25, -0.2) is 9.78 Å². The van der Waals surface area contributed by atoms with Gasteiger partial charge in [-0.1, -0.05) is 43.7 Å². The van der Waals surface area contributed by atoms with Crippen LogP contribution in [0.4, 0.5) is 0 Å². The third-order valence-electron chi connectivity index (χ3n) is 4.07. The van der Waals surface area contributed by atoms with Crippen molar-refractivity contribution in [3.63, 3.8) is 0 Å². The molecule has 0 fully saturated rings. The number of benzene rings is 1. The Morgan fingerprint density at radius 2 is 2.04 bits per heavy atom. The van der Waals surface area contributed by atoms with Crippen LogP contribution in [0.2, 0.25) is 0 Å². The summed E-state index contributed by atoms with van der Waals surface area (Å²) in [6.07, 6.45) is 3.49. The predicted molar refractivity (Wildman–Crippen MR) is 99.1 cm³/mol. The molecule has 0 saturated heterocycles. The number of carbonyl (C=O) groups excluding carboxylic acids is 1. The first kappa shape index (κ1) is 17.4. The number of rotatable bonds is 6. The Bertz CT molecular complexity index is 944. The van der Waals surface area contributed by atoms with Crippen LogP contribution in [0.5, 0.6) is 0 Å². The van der Waals surface area contributed by atoms with E-state index in [1.165, 1.54) is 11.3 Å². The van der Waals surface area contributed by atoms with Crippen molar-refractivity contribution < 1.29 is 9.53 Å². The molecule has 1 aromatic carbocycles. The van der Waals surface area contributed by atoms with Crippen molar-refractivity contribution in [2.75, 3.05) is 0 Å². The van der Waals surface area contributed by atoms with E-state index >= 15 is 0 Å². The summed E-state index contributed by atoms with van der Waals surface area (Å²) in [5, 5.41) is 0.523. The number of hydrogen-bond acceptors (Lipinski definition) is 5. The monoisotopic (exact) mass is 356 g/mol. The summed E-state index contributed by atoms with van der Waals surface area (Å²) < 4.78 is 7.01. The summed E-state index contributed by atoms with van der Waals surface area (Å²) >= 11 is 1.21. The number of aromatic nitrogens is 2. The Balaban J connectivity index is 1.86. The molecule has 130 valence electrons. The standard InChI is InChI=1S/C19H20N2O3S/c1-3-4-10-21-12-20-17-15(18(21)22)13(2)16(25-17)19(23)24-11-14-8-6-5-7-9-14/h5-9,12H,3-4,10-11H2,1-2H3. The number of aryl methyl sites for hydroxylation is 2. The molecule has 2 heterocycles. The molecule has 0 spiro atoms. The first-order valence-corrected chi connectivity index (χ1v) is 9.13. The van der Waals surface area contributed by atoms with Gasteiger partial charge >= 0.3 is 5.97 Å². The Hall–Kier alpha value is -2.47. The molecule has 0 aliphatic carbocycles. The van der Waals surface area contributed by atoms with Gasteiger partial charge in [0.15, 0.2) is 0 Å². The number of esters is 1. The fourth-order valence-corrected chi connectivity index (χ4v) is 3.66. The number of fused-ring (bicyclic) bond motifs is 1. The Kier molecular flexibility index (Phi) is 5.28. The van der Waals surface area contributed by atoms with Crippen LogP contribution < -0.4 is 5.56 Å². The van der Waals surface area contributed by atoms with Gasteiger partial charge in [-0.05, 0) is 24.5 Å². The van der Waals surface area contributed by atoms with Crippen LogP contribution in [0.1, 0.15) is 40.6 Å². The van der Waals surface area contributed by atoms with Gasteiger partial charge in [0.1, 0.15) is 16.3 Å². The molecule has 0 unspecified atom stereocenters. The van der Waals surface area contributed by atoms with E-state index in [-0.39, 0.29) is 12.2 Å². The SMILES string of the molecule is CCCCn1cnc2sc(C(=O)OCc3ccccc3)c(C)c2c1=O. The molecule has 0 radical (unpaired) electrons. The van der Waals surface area contributed by atoms with Crippen molar-refractivity contribution in [3.8, 4) is 0 Å². The van der Waals surface area contributed by atoms with Crippen molar-refractivity contribution in [3.05, 3.63) is 63.0 Å². The van der Waals surface area contributed by atoms with Gasteiger partial charge in [0.05, 0.1) is 11.7 Å². The Morgan fingerprint density at radius 3 is 2.76 bits per heavy atom. The number of hydrogen-bond donors (Lipinski definition) is 0. The van der Waals surface area contributed by atoms with E-state index in [9.17, 15) is 9.59 Å². The molecule has 5 nitrogen and oxygen atoms in total. The molecule has 0 aliphatic rings. The molecule has 0 bridgehead atoms. The van der Waals surface area contributed by atoms with Gasteiger partial charge in [-0.3, -0.25) is 9.36 Å². The quantitative estimate of drug-likeness (QED) is 0.628. The fraction of sp³-hybridized carbons (Fsp3) is 0.316. The van der Waals surface area contributed by atoms with Gasteiger partial charge < -0.3 is 4.74 Å². The minimum atomic E-state index is -0.413. The minimum Gasteiger partial charge on any atom is -0.457 e. The molecular formula is C19H20N2O3S. The molecule has 0 N–H and O–H groups in total. The zero-order valence-electron chi connectivity index (χ0n) is 14.3. The van der Waals surface area contributed by atoms with Gasteiger partial charge in [-0.2, -0.15) is 0 Å². The highest BCUT2D eigenvalue weighted by Crippen LogP contribution is 2.27. The van der Waals surface area contributed by atoms with Crippen LogP contribution >= 0.6 is 11.3 Å². The highest BCUT2D eigenvalue weighted by molar-refractivity contribution is 7.20. The molecule has 3 rings (SSSR count). The van der Waals surface area contributed by atoms with E-state index in [1.54, 1.807) is 17.8 Å². The van der Waals surface area contributed by atoms with Crippen molar-refractivity contribution in [1.82, 2.24) is 9.55 Å². The summed E-state index contributed by atoms with van der Waals surface area (Å²) in [5.41, 5.74) is 1.49. The maximum Gasteiger partial charge on any atom is 0.349 e. The van der Waals surface area contributed by atoms with E-state index in [0.717, 1.165) is 18.4 Å². The summed E-state index contributed by atoms with van der Waals surface area (Å²) in [7, 11) is 0. The van der Waals surface area contributed by atoms with Gasteiger partial charge in [-0.15, -0.1) is 11.3 Å². The van der Waals surface area contributed by atoms with E-state index < -0.39 is 5.97 Å². The molecule has 0 aliphatic heterocycles. The average molecular weight is 356 g/mol. The molecule has 6 heteroatoms. The van der Waals surface area contributed by atoms with Crippen LogP contribution in [0.15, 0.2) is 41.5 Å². The molecule has 0 atom stereocenters. The molecule has 0 amide bonds. The second-order valence-corrected chi connectivity index (χ2v) is 6.89. The lowest BCUT2D eigenvalue weighted by Gasteiger charge is -2.04. The molecule has 3 aromatic rings. The van der Waals surface area contributed by atoms with Gasteiger partial charge in [0.2, 0.25) is 0 Å². The van der Waals surface area contributed by atoms with Crippen LogP contribution in [0.3, 0.4) is 0 Å². The number of ether oxygens (including phenoxy) is 1. The van der Waals surface area contributed by atoms with E-state index in [4.69, 9.17) is 4.74 Å². The first-order valence-electron chi connectivity index (χ1n) is 8.31. The average Bonchev–Trinajstić information content (AvgIpc) is 2.97. The first-order chi connectivity index (χ1) is 12.1. The normalized spacial score (nSPS) is 11.0. The van der Waals surface area contributed by atoms with Gasteiger partial charge in [0, 0.05) is 6.54 Å². The van der Waals surface area contributed by atoms with Crippen LogP contribution in [0.25, 0.3) is 10.2 Å². The lowest BCUT2D eigenvalue weighted by molar-refractivity contribution is 0.0478. The summed E-state index contributed by atoms with van der Waals surface area (Å²) in [6.45, 7) is 4.71.